The maximum atomic E-state index is 11.2. The van der Waals surface area contributed by atoms with E-state index in [-0.39, 0.29) is 5.41 Å². The summed E-state index contributed by atoms with van der Waals surface area (Å²) in [7, 11) is -3.67. The van der Waals surface area contributed by atoms with Gasteiger partial charge in [-0.2, -0.15) is 8.42 Å². The summed E-state index contributed by atoms with van der Waals surface area (Å²) in [4.78, 5) is 11.2. The Labute approximate surface area is 132 Å². The molecule has 0 unspecified atom stereocenters. The van der Waals surface area contributed by atoms with Crippen LogP contribution in [0, 0.1) is 5.41 Å². The lowest BCUT2D eigenvalue weighted by Gasteiger charge is -2.22. The van der Waals surface area contributed by atoms with E-state index in [1.807, 2.05) is 30.3 Å². The Morgan fingerprint density at radius 3 is 2.05 bits per heavy atom. The topological polar surface area (TPSA) is 104 Å². The van der Waals surface area contributed by atoms with Gasteiger partial charge in [-0.25, -0.2) is 4.79 Å². The van der Waals surface area contributed by atoms with Crippen molar-refractivity contribution in [1.29, 1.82) is 0 Å². The summed E-state index contributed by atoms with van der Waals surface area (Å²) in [5, 5.41) is 12.2. The standard InChI is InChI=1S/C14H21NO2.CH4O3S/c1-14(2,3)10-9-12(13(16)17)15-11-7-5-4-6-8-11;1-5(2,3)4/h4-8,12,15H,9-10H2,1-3H3,(H,16,17);1H3,(H,2,3,4)/t12-;/m0./s1. The molecule has 0 fully saturated rings. The lowest BCUT2D eigenvalue weighted by Crippen LogP contribution is -2.30. The van der Waals surface area contributed by atoms with Crippen molar-refractivity contribution in [2.45, 2.75) is 39.7 Å². The maximum Gasteiger partial charge on any atom is 0.326 e. The second kappa shape index (κ2) is 8.75. The van der Waals surface area contributed by atoms with Crippen LogP contribution in [0.5, 0.6) is 0 Å². The van der Waals surface area contributed by atoms with Crippen LogP contribution in [0.15, 0.2) is 30.3 Å². The predicted molar refractivity (Wildman–Crippen MR) is 87.7 cm³/mol. The number of benzene rings is 1. The summed E-state index contributed by atoms with van der Waals surface area (Å²) in [6.45, 7) is 6.36. The number of anilines is 1. The number of carboxylic acid groups (broad SMARTS) is 1. The van der Waals surface area contributed by atoms with Crippen molar-refractivity contribution in [3.05, 3.63) is 30.3 Å². The van der Waals surface area contributed by atoms with Gasteiger partial charge in [0.2, 0.25) is 0 Å². The largest absolute Gasteiger partial charge is 0.480 e. The summed E-state index contributed by atoms with van der Waals surface area (Å²) in [5.74, 6) is -0.793. The van der Waals surface area contributed by atoms with E-state index in [2.05, 4.69) is 26.1 Å². The molecule has 7 heteroatoms. The number of carboxylic acids is 1. The van der Waals surface area contributed by atoms with E-state index < -0.39 is 22.1 Å². The molecule has 0 aliphatic heterocycles. The highest BCUT2D eigenvalue weighted by molar-refractivity contribution is 7.85. The van der Waals surface area contributed by atoms with E-state index >= 15 is 0 Å². The summed E-state index contributed by atoms with van der Waals surface area (Å²) < 4.78 is 25.9. The van der Waals surface area contributed by atoms with Crippen molar-refractivity contribution in [3.63, 3.8) is 0 Å². The summed E-state index contributed by atoms with van der Waals surface area (Å²) in [6, 6.07) is 8.95. The summed E-state index contributed by atoms with van der Waals surface area (Å²) in [5.41, 5.74) is 1.01. The quantitative estimate of drug-likeness (QED) is 0.717. The van der Waals surface area contributed by atoms with E-state index in [0.717, 1.165) is 12.1 Å². The second-order valence-electron chi connectivity index (χ2n) is 6.23. The van der Waals surface area contributed by atoms with E-state index in [1.54, 1.807) is 0 Å². The highest BCUT2D eigenvalue weighted by Crippen LogP contribution is 2.22. The Balaban J connectivity index is 0.000000763. The number of para-hydroxylation sites is 1. The first kappa shape index (κ1) is 20.4. The molecule has 0 amide bonds. The zero-order chi connectivity index (χ0) is 17.4. The molecule has 0 spiro atoms. The highest BCUT2D eigenvalue weighted by Gasteiger charge is 2.20. The SMILES string of the molecule is CC(C)(C)CC[C@H](Nc1ccccc1)C(=O)O.CS(=O)(=O)O. The smallest absolute Gasteiger partial charge is 0.326 e. The number of hydrogen-bond acceptors (Lipinski definition) is 4. The summed E-state index contributed by atoms with van der Waals surface area (Å²) in [6.07, 6.45) is 2.23. The highest BCUT2D eigenvalue weighted by atomic mass is 32.2. The molecule has 22 heavy (non-hydrogen) atoms. The van der Waals surface area contributed by atoms with Gasteiger partial charge in [0.15, 0.2) is 0 Å². The van der Waals surface area contributed by atoms with Crippen molar-refractivity contribution in [1.82, 2.24) is 0 Å². The van der Waals surface area contributed by atoms with Crippen molar-refractivity contribution in [2.75, 3.05) is 11.6 Å². The molecule has 126 valence electrons. The predicted octanol–water partition coefficient (Wildman–Crippen LogP) is 2.88. The Kier molecular flexibility index (Phi) is 8.11. The molecule has 0 aliphatic carbocycles. The number of rotatable bonds is 5. The molecule has 0 saturated heterocycles. The van der Waals surface area contributed by atoms with Crippen LogP contribution in [0.4, 0.5) is 5.69 Å². The number of nitrogens with one attached hydrogen (secondary N) is 1. The Hall–Kier alpha value is -1.60. The zero-order valence-corrected chi connectivity index (χ0v) is 14.2. The lowest BCUT2D eigenvalue weighted by molar-refractivity contribution is -0.138. The molecule has 0 bridgehead atoms. The molecule has 1 rings (SSSR count). The van der Waals surface area contributed by atoms with Crippen LogP contribution >= 0.6 is 0 Å². The van der Waals surface area contributed by atoms with Gasteiger partial charge >= 0.3 is 5.97 Å². The van der Waals surface area contributed by atoms with Gasteiger partial charge < -0.3 is 10.4 Å². The number of hydrogen-bond donors (Lipinski definition) is 3. The van der Waals surface area contributed by atoms with Crippen LogP contribution in [0.25, 0.3) is 0 Å². The average molecular weight is 331 g/mol. The molecule has 6 nitrogen and oxygen atoms in total. The monoisotopic (exact) mass is 331 g/mol. The minimum atomic E-state index is -3.67. The third-order valence-corrected chi connectivity index (χ3v) is 2.60. The summed E-state index contributed by atoms with van der Waals surface area (Å²) >= 11 is 0. The van der Waals surface area contributed by atoms with E-state index in [9.17, 15) is 13.2 Å². The minimum absolute atomic E-state index is 0.159. The van der Waals surface area contributed by atoms with Crippen LogP contribution in [-0.4, -0.2) is 36.3 Å². The minimum Gasteiger partial charge on any atom is -0.480 e. The fourth-order valence-electron chi connectivity index (χ4n) is 1.57. The molecule has 0 radical (unpaired) electrons. The zero-order valence-electron chi connectivity index (χ0n) is 13.4. The fraction of sp³-hybridized carbons (Fsp3) is 0.533. The molecule has 0 saturated carbocycles. The van der Waals surface area contributed by atoms with Gasteiger partial charge in [-0.1, -0.05) is 39.0 Å². The first-order valence-electron chi connectivity index (χ1n) is 6.85. The molecule has 1 atom stereocenters. The van der Waals surface area contributed by atoms with Crippen molar-refractivity contribution in [2.24, 2.45) is 5.41 Å². The van der Waals surface area contributed by atoms with Crippen molar-refractivity contribution >= 4 is 21.8 Å². The van der Waals surface area contributed by atoms with Crippen molar-refractivity contribution in [3.8, 4) is 0 Å². The number of aliphatic carboxylic acids is 1. The van der Waals surface area contributed by atoms with Crippen LogP contribution in [0.1, 0.15) is 33.6 Å². The van der Waals surface area contributed by atoms with Gasteiger partial charge in [0.05, 0.1) is 6.26 Å². The van der Waals surface area contributed by atoms with Crippen LogP contribution < -0.4 is 5.32 Å². The fourth-order valence-corrected chi connectivity index (χ4v) is 1.57. The molecule has 0 aromatic heterocycles. The van der Waals surface area contributed by atoms with Gasteiger partial charge in [0.1, 0.15) is 6.04 Å². The van der Waals surface area contributed by atoms with E-state index in [1.165, 1.54) is 0 Å². The van der Waals surface area contributed by atoms with Gasteiger partial charge in [0.25, 0.3) is 10.1 Å². The Morgan fingerprint density at radius 1 is 1.23 bits per heavy atom. The molecule has 0 aliphatic rings. The first-order chi connectivity index (χ1) is 9.88. The van der Waals surface area contributed by atoms with Gasteiger partial charge in [0, 0.05) is 5.69 Å². The Bertz CT molecular complexity index is 541. The van der Waals surface area contributed by atoms with Crippen LogP contribution in [0.3, 0.4) is 0 Å². The normalized spacial score (nSPS) is 12.8. The second-order valence-corrected chi connectivity index (χ2v) is 7.70. The molecule has 3 N–H and O–H groups in total. The van der Waals surface area contributed by atoms with Gasteiger partial charge in [-0.15, -0.1) is 0 Å². The number of carbonyl (C=O) groups is 1. The van der Waals surface area contributed by atoms with E-state index in [0.29, 0.717) is 12.7 Å². The third kappa shape index (κ3) is 13.4. The molecule has 0 heterocycles. The molecule has 1 aromatic carbocycles. The lowest BCUT2D eigenvalue weighted by atomic mass is 9.88. The molecule has 1 aromatic rings. The maximum absolute atomic E-state index is 11.2. The van der Waals surface area contributed by atoms with Crippen molar-refractivity contribution < 1.29 is 22.9 Å². The first-order valence-corrected chi connectivity index (χ1v) is 8.70. The average Bonchev–Trinajstić information content (AvgIpc) is 2.32. The van der Waals surface area contributed by atoms with Crippen LogP contribution in [0.2, 0.25) is 0 Å². The molecular weight excluding hydrogens is 306 g/mol. The van der Waals surface area contributed by atoms with Crippen LogP contribution in [-0.2, 0) is 14.9 Å². The van der Waals surface area contributed by atoms with Gasteiger partial charge in [-0.05, 0) is 30.4 Å². The van der Waals surface area contributed by atoms with E-state index in [4.69, 9.17) is 9.66 Å². The Morgan fingerprint density at radius 2 is 1.68 bits per heavy atom. The third-order valence-electron chi connectivity index (χ3n) is 2.60. The van der Waals surface area contributed by atoms with Gasteiger partial charge in [-0.3, -0.25) is 4.55 Å². The molecular formula is C15H25NO5S.